The van der Waals surface area contributed by atoms with Gasteiger partial charge in [-0.2, -0.15) is 0 Å². The van der Waals surface area contributed by atoms with Crippen LogP contribution in [0.15, 0.2) is 24.5 Å². The molecule has 144 valence electrons. The van der Waals surface area contributed by atoms with Crippen LogP contribution >= 0.6 is 0 Å². The Morgan fingerprint density at radius 1 is 1.26 bits per heavy atom. The molecule has 3 rings (SSSR count). The number of para-hydroxylation sites is 1. The van der Waals surface area contributed by atoms with Crippen LogP contribution in [0.1, 0.15) is 27.2 Å². The van der Waals surface area contributed by atoms with Crippen molar-refractivity contribution in [2.24, 2.45) is 5.92 Å². The van der Waals surface area contributed by atoms with Crippen LogP contribution in [-0.4, -0.2) is 59.8 Å². The quantitative estimate of drug-likeness (QED) is 0.845. The number of piperazine rings is 1. The third-order valence-electron chi connectivity index (χ3n) is 4.75. The number of hydrogen-bond acceptors (Lipinski definition) is 4. The maximum absolute atomic E-state index is 12.5. The molecule has 1 aliphatic heterocycles. The van der Waals surface area contributed by atoms with Crippen LogP contribution < -0.4 is 10.2 Å². The number of benzene rings is 1. The second-order valence-corrected chi connectivity index (χ2v) is 7.22. The molecule has 1 aromatic heterocycles. The van der Waals surface area contributed by atoms with E-state index in [0.717, 1.165) is 49.4 Å². The molecule has 6 heteroatoms. The number of anilines is 1. The van der Waals surface area contributed by atoms with Gasteiger partial charge in [-0.1, -0.05) is 38.7 Å². The Kier molecular flexibility index (Phi) is 6.36. The highest BCUT2D eigenvalue weighted by Gasteiger charge is 2.20. The summed E-state index contributed by atoms with van der Waals surface area (Å²) in [5, 5.41) is 2.84. The van der Waals surface area contributed by atoms with Crippen molar-refractivity contribution in [2.75, 3.05) is 44.2 Å². The largest absolute Gasteiger partial charge is 0.367 e. The number of carbonyl (C=O) groups excluding carboxylic acids is 1. The molecule has 0 bridgehead atoms. The van der Waals surface area contributed by atoms with E-state index in [9.17, 15) is 4.79 Å². The van der Waals surface area contributed by atoms with Crippen molar-refractivity contribution in [2.45, 2.75) is 27.2 Å². The molecule has 1 aromatic carbocycles. The Morgan fingerprint density at radius 2 is 2.04 bits per heavy atom. The summed E-state index contributed by atoms with van der Waals surface area (Å²) in [5.74, 6) is 6.32. The zero-order valence-corrected chi connectivity index (χ0v) is 16.5. The minimum atomic E-state index is -0.194. The maximum Gasteiger partial charge on any atom is 0.328 e. The number of aromatic nitrogens is 2. The molecule has 1 amide bonds. The SMILES string of the molecule is CCCN1CCN(c2cccc3c2ncn3C(=O)NCC#CC(C)C)CC1. The van der Waals surface area contributed by atoms with E-state index < -0.39 is 0 Å². The first-order valence-corrected chi connectivity index (χ1v) is 9.80. The van der Waals surface area contributed by atoms with Gasteiger partial charge in [-0.3, -0.25) is 9.47 Å². The molecule has 0 aliphatic carbocycles. The van der Waals surface area contributed by atoms with Crippen LogP contribution in [0.2, 0.25) is 0 Å². The van der Waals surface area contributed by atoms with Crippen molar-refractivity contribution < 1.29 is 4.79 Å². The second kappa shape index (κ2) is 8.92. The molecule has 0 spiro atoms. The highest BCUT2D eigenvalue weighted by Crippen LogP contribution is 2.26. The van der Waals surface area contributed by atoms with Crippen LogP contribution in [0.5, 0.6) is 0 Å². The third-order valence-corrected chi connectivity index (χ3v) is 4.75. The second-order valence-electron chi connectivity index (χ2n) is 7.22. The van der Waals surface area contributed by atoms with Crippen molar-refractivity contribution in [3.05, 3.63) is 24.5 Å². The first-order chi connectivity index (χ1) is 13.1. The minimum absolute atomic E-state index is 0.194. The molecule has 6 nitrogen and oxygen atoms in total. The minimum Gasteiger partial charge on any atom is -0.367 e. The van der Waals surface area contributed by atoms with Crippen molar-refractivity contribution >= 4 is 22.8 Å². The van der Waals surface area contributed by atoms with Crippen LogP contribution in [0.3, 0.4) is 0 Å². The molecule has 1 N–H and O–H groups in total. The van der Waals surface area contributed by atoms with E-state index in [1.807, 2.05) is 26.0 Å². The van der Waals surface area contributed by atoms with Gasteiger partial charge in [0, 0.05) is 32.1 Å². The van der Waals surface area contributed by atoms with Crippen molar-refractivity contribution in [3.63, 3.8) is 0 Å². The van der Waals surface area contributed by atoms with Gasteiger partial charge >= 0.3 is 6.03 Å². The molecule has 0 radical (unpaired) electrons. The van der Waals surface area contributed by atoms with Gasteiger partial charge in [0.1, 0.15) is 11.8 Å². The van der Waals surface area contributed by atoms with Crippen molar-refractivity contribution in [1.29, 1.82) is 0 Å². The average molecular weight is 367 g/mol. The summed E-state index contributed by atoms with van der Waals surface area (Å²) in [6.07, 6.45) is 2.79. The van der Waals surface area contributed by atoms with E-state index in [1.54, 1.807) is 10.9 Å². The number of amides is 1. The first-order valence-electron chi connectivity index (χ1n) is 9.80. The lowest BCUT2D eigenvalue weighted by atomic mass is 10.2. The lowest BCUT2D eigenvalue weighted by molar-refractivity contribution is 0.244. The highest BCUT2D eigenvalue weighted by atomic mass is 16.2. The summed E-state index contributed by atoms with van der Waals surface area (Å²) in [7, 11) is 0. The van der Waals surface area contributed by atoms with Crippen LogP contribution in [0.25, 0.3) is 11.0 Å². The Labute approximate surface area is 161 Å². The van der Waals surface area contributed by atoms with E-state index in [1.165, 1.54) is 6.42 Å². The van der Waals surface area contributed by atoms with Crippen molar-refractivity contribution in [1.82, 2.24) is 19.8 Å². The molecule has 27 heavy (non-hydrogen) atoms. The summed E-state index contributed by atoms with van der Waals surface area (Å²) in [4.78, 5) is 21.9. The Hall–Kier alpha value is -2.52. The Bertz CT molecular complexity index is 837. The lowest BCUT2D eigenvalue weighted by Crippen LogP contribution is -2.46. The number of hydrogen-bond donors (Lipinski definition) is 1. The number of carbonyl (C=O) groups is 1. The fourth-order valence-electron chi connectivity index (χ4n) is 3.43. The third kappa shape index (κ3) is 4.61. The number of nitrogens with zero attached hydrogens (tertiary/aromatic N) is 4. The molecule has 1 fully saturated rings. The fraction of sp³-hybridized carbons (Fsp3) is 0.524. The Balaban J connectivity index is 1.73. The lowest BCUT2D eigenvalue weighted by Gasteiger charge is -2.36. The van der Waals surface area contributed by atoms with Gasteiger partial charge in [0.05, 0.1) is 17.7 Å². The normalized spacial score (nSPS) is 15.0. The van der Waals surface area contributed by atoms with Gasteiger partial charge in [-0.15, -0.1) is 0 Å². The van der Waals surface area contributed by atoms with Gasteiger partial charge in [-0.25, -0.2) is 9.78 Å². The standard InChI is InChI=1S/C21H29N5O/c1-4-11-24-12-14-25(15-13-24)18-8-5-9-19-20(18)23-16-26(19)21(27)22-10-6-7-17(2)3/h5,8-9,16-17H,4,10-15H2,1-3H3,(H,22,27). The summed E-state index contributed by atoms with van der Waals surface area (Å²) in [6, 6.07) is 5.85. The Morgan fingerprint density at radius 3 is 2.74 bits per heavy atom. The number of rotatable bonds is 4. The highest BCUT2D eigenvalue weighted by molar-refractivity contribution is 5.95. The van der Waals surface area contributed by atoms with E-state index in [4.69, 9.17) is 0 Å². The smallest absolute Gasteiger partial charge is 0.328 e. The molecular weight excluding hydrogens is 338 g/mol. The van der Waals surface area contributed by atoms with Gasteiger partial charge in [0.15, 0.2) is 0 Å². The van der Waals surface area contributed by atoms with Gasteiger partial charge in [-0.05, 0) is 25.1 Å². The maximum atomic E-state index is 12.5. The summed E-state index contributed by atoms with van der Waals surface area (Å²) >= 11 is 0. The van der Waals surface area contributed by atoms with Crippen LogP contribution in [0, 0.1) is 17.8 Å². The topological polar surface area (TPSA) is 53.4 Å². The van der Waals surface area contributed by atoms with E-state index in [0.29, 0.717) is 12.5 Å². The van der Waals surface area contributed by atoms with Crippen LogP contribution in [0.4, 0.5) is 10.5 Å². The summed E-state index contributed by atoms with van der Waals surface area (Å²) in [5.41, 5.74) is 2.82. The number of nitrogens with one attached hydrogen (secondary N) is 1. The molecule has 1 aliphatic rings. The van der Waals surface area contributed by atoms with E-state index in [-0.39, 0.29) is 6.03 Å². The zero-order valence-electron chi connectivity index (χ0n) is 16.5. The molecule has 1 saturated heterocycles. The fourth-order valence-corrected chi connectivity index (χ4v) is 3.43. The van der Waals surface area contributed by atoms with E-state index >= 15 is 0 Å². The van der Waals surface area contributed by atoms with Gasteiger partial charge in [0.25, 0.3) is 0 Å². The molecule has 0 saturated carbocycles. The molecule has 0 unspecified atom stereocenters. The van der Waals surface area contributed by atoms with Gasteiger partial charge in [0.2, 0.25) is 0 Å². The van der Waals surface area contributed by atoms with Crippen molar-refractivity contribution in [3.8, 4) is 11.8 Å². The predicted molar refractivity (Wildman–Crippen MR) is 110 cm³/mol. The van der Waals surface area contributed by atoms with Gasteiger partial charge < -0.3 is 10.2 Å². The average Bonchev–Trinajstić information content (AvgIpc) is 3.10. The molecular formula is C21H29N5O. The molecule has 0 atom stereocenters. The van der Waals surface area contributed by atoms with Crippen LogP contribution in [-0.2, 0) is 0 Å². The number of imidazole rings is 1. The summed E-state index contributed by atoms with van der Waals surface area (Å²) in [6.45, 7) is 11.9. The predicted octanol–water partition coefficient (Wildman–Crippen LogP) is 2.79. The number of fused-ring (bicyclic) bond motifs is 1. The monoisotopic (exact) mass is 367 g/mol. The van der Waals surface area contributed by atoms with E-state index in [2.05, 4.69) is 44.9 Å². The first kappa shape index (κ1) is 19.2. The zero-order chi connectivity index (χ0) is 19.2. The molecule has 2 aromatic rings. The molecule has 2 heterocycles. The summed E-state index contributed by atoms with van der Waals surface area (Å²) < 4.78 is 1.57.